The number of nitrogens with zero attached hydrogens (tertiary/aromatic N) is 3. The molecule has 1 aromatic carbocycles. The number of halogens is 2. The summed E-state index contributed by atoms with van der Waals surface area (Å²) in [4.78, 5) is 39.5. The van der Waals surface area contributed by atoms with Gasteiger partial charge >= 0.3 is 0 Å². The molecule has 3 fully saturated rings. The Labute approximate surface area is 189 Å². The van der Waals surface area contributed by atoms with Crippen LogP contribution in [0.15, 0.2) is 24.3 Å². The van der Waals surface area contributed by atoms with Gasteiger partial charge in [0.2, 0.25) is 11.8 Å². The number of fused-ring (bicyclic) bond motifs is 2. The predicted octanol–water partition coefficient (Wildman–Crippen LogP) is 1.68. The van der Waals surface area contributed by atoms with Gasteiger partial charge in [-0.1, -0.05) is 25.1 Å². The van der Waals surface area contributed by atoms with Gasteiger partial charge in [-0.3, -0.25) is 19.1 Å². The molecule has 3 aliphatic rings. The summed E-state index contributed by atoms with van der Waals surface area (Å²) >= 11 is 12.4. The maximum atomic E-state index is 13.2. The molecule has 2 aromatic rings. The van der Waals surface area contributed by atoms with Crippen molar-refractivity contribution in [2.45, 2.75) is 42.7 Å². The first kappa shape index (κ1) is 20.6. The zero-order chi connectivity index (χ0) is 22.1. The average Bonchev–Trinajstić information content (AvgIpc) is 3.44. The van der Waals surface area contributed by atoms with Crippen LogP contribution in [0.3, 0.4) is 0 Å². The lowest BCUT2D eigenvalue weighted by Gasteiger charge is -2.27. The molecule has 2 heterocycles. The molecule has 8 nitrogen and oxygen atoms in total. The van der Waals surface area contributed by atoms with Crippen molar-refractivity contribution in [1.82, 2.24) is 20.0 Å². The van der Waals surface area contributed by atoms with Gasteiger partial charge in [-0.2, -0.15) is 5.10 Å². The van der Waals surface area contributed by atoms with E-state index in [0.29, 0.717) is 29.8 Å². The van der Waals surface area contributed by atoms with Crippen molar-refractivity contribution in [2.75, 3.05) is 6.54 Å². The molecule has 1 aromatic heterocycles. The molecule has 5 rings (SSSR count). The van der Waals surface area contributed by atoms with Crippen LogP contribution in [0.1, 0.15) is 30.3 Å². The molecule has 0 bridgehead atoms. The summed E-state index contributed by atoms with van der Waals surface area (Å²) in [5.74, 6) is -0.520. The molecule has 0 radical (unpaired) electrons. The number of hydrogen-bond donors (Lipinski definition) is 2. The number of hydrogen-bond acceptors (Lipinski definition) is 4. The number of alkyl halides is 2. The lowest BCUT2D eigenvalue weighted by molar-refractivity contribution is -0.140. The molecule has 5 atom stereocenters. The van der Waals surface area contributed by atoms with Crippen molar-refractivity contribution >= 4 is 51.8 Å². The van der Waals surface area contributed by atoms with E-state index in [9.17, 15) is 14.4 Å². The number of nitrogens with one attached hydrogen (secondary N) is 1. The molecule has 3 N–H and O–H groups in total. The second kappa shape index (κ2) is 7.10. The van der Waals surface area contributed by atoms with E-state index in [1.165, 1.54) is 4.68 Å². The predicted molar refractivity (Wildman–Crippen MR) is 115 cm³/mol. The summed E-state index contributed by atoms with van der Waals surface area (Å²) in [6, 6.07) is 6.71. The number of amides is 3. The topological polar surface area (TPSA) is 110 Å². The van der Waals surface area contributed by atoms with E-state index in [0.717, 1.165) is 6.42 Å². The summed E-state index contributed by atoms with van der Waals surface area (Å²) in [5.41, 5.74) is 6.23. The van der Waals surface area contributed by atoms with Gasteiger partial charge in [0, 0.05) is 23.9 Å². The fourth-order valence-electron chi connectivity index (χ4n) is 4.89. The summed E-state index contributed by atoms with van der Waals surface area (Å²) in [7, 11) is 0. The van der Waals surface area contributed by atoms with E-state index in [-0.39, 0.29) is 41.9 Å². The van der Waals surface area contributed by atoms with Crippen LogP contribution in [0.4, 0.5) is 0 Å². The quantitative estimate of drug-likeness (QED) is 0.634. The highest BCUT2D eigenvalue weighted by molar-refractivity contribution is 6.51. The number of carbonyl (C=O) groups excluding carboxylic acids is 3. The molecular weight excluding hydrogens is 441 g/mol. The van der Waals surface area contributed by atoms with Gasteiger partial charge < -0.3 is 16.0 Å². The third kappa shape index (κ3) is 3.36. The molecule has 3 amide bonds. The highest BCUT2D eigenvalue weighted by Gasteiger charge is 2.60. The molecule has 10 heteroatoms. The SMILES string of the molecule is C[C@H]1C(CNC(=O)[C@@H]2C[C@H]3C[C@H]3N2C(=O)Cn2nc(C(N)=O)c3ccccc32)C1(Cl)Cl. The average molecular weight is 464 g/mol. The second-order valence-corrected chi connectivity index (χ2v) is 10.3. The molecule has 2 aliphatic carbocycles. The fraction of sp³-hybridized carbons (Fsp3) is 0.524. The zero-order valence-electron chi connectivity index (χ0n) is 16.9. The summed E-state index contributed by atoms with van der Waals surface area (Å²) in [6.45, 7) is 2.28. The smallest absolute Gasteiger partial charge is 0.269 e. The number of benzene rings is 1. The standard InChI is InChI=1S/C21H23Cl2N5O3/c1-10-13(21(10,22)23)8-25-20(31)16-7-11-6-15(11)28(16)17(29)9-27-14-5-3-2-4-12(14)18(26-27)19(24)30/h2-5,10-11,13,15-16H,6-9H2,1H3,(H2,24,30)(H,25,31)/t10-,11+,13?,15+,16-/m0/s1. The minimum absolute atomic E-state index is 0.0162. The van der Waals surface area contributed by atoms with Crippen molar-refractivity contribution < 1.29 is 14.4 Å². The van der Waals surface area contributed by atoms with Crippen LogP contribution in [0, 0.1) is 17.8 Å². The zero-order valence-corrected chi connectivity index (χ0v) is 18.4. The van der Waals surface area contributed by atoms with Gasteiger partial charge in [0.15, 0.2) is 5.69 Å². The number of piperidine rings is 1. The van der Waals surface area contributed by atoms with Crippen molar-refractivity contribution in [2.24, 2.45) is 23.5 Å². The van der Waals surface area contributed by atoms with Gasteiger partial charge in [0.05, 0.1) is 5.52 Å². The van der Waals surface area contributed by atoms with Crippen LogP contribution >= 0.6 is 23.2 Å². The molecule has 1 aliphatic heterocycles. The number of nitrogens with two attached hydrogens (primary N) is 1. The van der Waals surface area contributed by atoms with Gasteiger partial charge in [0.1, 0.15) is 16.9 Å². The van der Waals surface area contributed by atoms with E-state index in [1.807, 2.05) is 13.0 Å². The number of rotatable bonds is 6. The van der Waals surface area contributed by atoms with E-state index < -0.39 is 16.3 Å². The van der Waals surface area contributed by atoms with Crippen molar-refractivity contribution in [3.8, 4) is 0 Å². The van der Waals surface area contributed by atoms with E-state index in [4.69, 9.17) is 28.9 Å². The summed E-state index contributed by atoms with van der Waals surface area (Å²) in [6.07, 6.45) is 1.57. The molecule has 1 unspecified atom stereocenters. The van der Waals surface area contributed by atoms with Crippen molar-refractivity contribution in [3.63, 3.8) is 0 Å². The van der Waals surface area contributed by atoms with E-state index in [2.05, 4.69) is 10.4 Å². The number of likely N-dealkylation sites (tertiary alicyclic amines) is 1. The minimum atomic E-state index is -0.792. The first-order chi connectivity index (χ1) is 14.7. The van der Waals surface area contributed by atoms with Crippen LogP contribution in [0.2, 0.25) is 0 Å². The Morgan fingerprint density at radius 1 is 1.26 bits per heavy atom. The Kier molecular flexibility index (Phi) is 4.71. The van der Waals surface area contributed by atoms with Gasteiger partial charge in [-0.05, 0) is 30.7 Å². The van der Waals surface area contributed by atoms with Crippen molar-refractivity contribution in [3.05, 3.63) is 30.0 Å². The van der Waals surface area contributed by atoms with E-state index in [1.54, 1.807) is 23.1 Å². The first-order valence-corrected chi connectivity index (χ1v) is 11.2. The molecule has 31 heavy (non-hydrogen) atoms. The summed E-state index contributed by atoms with van der Waals surface area (Å²) < 4.78 is 0.698. The number of para-hydroxylation sites is 1. The van der Waals surface area contributed by atoms with Crippen molar-refractivity contribution in [1.29, 1.82) is 0 Å². The lowest BCUT2D eigenvalue weighted by Crippen LogP contribution is -2.49. The minimum Gasteiger partial charge on any atom is -0.364 e. The number of aromatic nitrogens is 2. The van der Waals surface area contributed by atoms with Gasteiger partial charge in [-0.25, -0.2) is 0 Å². The Bertz CT molecular complexity index is 1100. The largest absolute Gasteiger partial charge is 0.364 e. The first-order valence-electron chi connectivity index (χ1n) is 10.4. The van der Waals surface area contributed by atoms with Crippen LogP contribution < -0.4 is 11.1 Å². The van der Waals surface area contributed by atoms with Crippen LogP contribution in [0.5, 0.6) is 0 Å². The number of primary amides is 1. The molecule has 0 spiro atoms. The Morgan fingerprint density at radius 3 is 2.65 bits per heavy atom. The Morgan fingerprint density at radius 2 is 1.97 bits per heavy atom. The monoisotopic (exact) mass is 463 g/mol. The second-order valence-electron chi connectivity index (χ2n) is 8.82. The third-order valence-corrected chi connectivity index (χ3v) is 8.21. The van der Waals surface area contributed by atoms with Crippen LogP contribution in [0.25, 0.3) is 10.9 Å². The highest BCUT2D eigenvalue weighted by atomic mass is 35.5. The molecule has 2 saturated carbocycles. The Balaban J connectivity index is 1.31. The fourth-order valence-corrected chi connectivity index (χ4v) is 5.60. The lowest BCUT2D eigenvalue weighted by atomic mass is 10.1. The van der Waals surface area contributed by atoms with Crippen LogP contribution in [-0.4, -0.2) is 55.4 Å². The highest BCUT2D eigenvalue weighted by Crippen LogP contribution is 2.58. The molecule has 1 saturated heterocycles. The van der Waals surface area contributed by atoms with E-state index >= 15 is 0 Å². The Hall–Kier alpha value is -2.32. The third-order valence-electron chi connectivity index (χ3n) is 6.96. The van der Waals surface area contributed by atoms with Gasteiger partial charge in [-0.15, -0.1) is 23.2 Å². The van der Waals surface area contributed by atoms with Gasteiger partial charge in [0.25, 0.3) is 5.91 Å². The summed E-state index contributed by atoms with van der Waals surface area (Å²) in [5, 5.41) is 7.80. The normalized spacial score (nSPS) is 30.2. The number of carbonyl (C=O) groups is 3. The van der Waals surface area contributed by atoms with Crippen LogP contribution in [-0.2, 0) is 16.1 Å². The maximum absolute atomic E-state index is 13.2. The molecule has 164 valence electrons. The maximum Gasteiger partial charge on any atom is 0.269 e. The molecular formula is C21H23Cl2N5O3.